The van der Waals surface area contributed by atoms with Gasteiger partial charge in [0.15, 0.2) is 0 Å². The second-order valence-corrected chi connectivity index (χ2v) is 12.4. The third-order valence-electron chi connectivity index (χ3n) is 5.55. The number of sulfonamides is 1. The van der Waals surface area contributed by atoms with Crippen LogP contribution in [0.1, 0.15) is 44.4 Å². The largest absolute Gasteiger partial charge is 0.350 e. The zero-order valence-corrected chi connectivity index (χ0v) is 23.5. The summed E-state index contributed by atoms with van der Waals surface area (Å²) in [5.74, 6) is -0.910. The molecule has 2 aromatic carbocycles. The molecule has 2 aromatic rings. The van der Waals surface area contributed by atoms with Crippen LogP contribution in [0, 0.1) is 13.8 Å². The maximum atomic E-state index is 13.6. The zero-order valence-electron chi connectivity index (χ0n) is 21.1. The van der Waals surface area contributed by atoms with Crippen molar-refractivity contribution in [3.05, 3.63) is 63.1 Å². The number of carbonyl (C=O) groups is 2. The standard InChI is InChI=1S/C25H33Cl2N3O4S/c1-16-9-8-10-22(17(16)2)30(35(7,33)34)15-23(31)29(18(3)24(32)28-25(4,5)6)14-19-11-12-20(26)13-21(19)27/h8-13,18H,14-15H2,1-7H3,(H,28,32)/t18-/m1/s1. The summed E-state index contributed by atoms with van der Waals surface area (Å²) in [5, 5.41) is 3.66. The summed E-state index contributed by atoms with van der Waals surface area (Å²) < 4.78 is 26.5. The first kappa shape index (κ1) is 28.9. The van der Waals surface area contributed by atoms with Crippen LogP contribution >= 0.6 is 23.2 Å². The summed E-state index contributed by atoms with van der Waals surface area (Å²) in [7, 11) is -3.81. The number of hydrogen-bond donors (Lipinski definition) is 1. The van der Waals surface area contributed by atoms with Gasteiger partial charge in [-0.25, -0.2) is 8.42 Å². The van der Waals surface area contributed by atoms with Gasteiger partial charge in [-0.1, -0.05) is 41.4 Å². The molecule has 0 aromatic heterocycles. The number of carbonyl (C=O) groups excluding carboxylic acids is 2. The van der Waals surface area contributed by atoms with E-state index in [9.17, 15) is 18.0 Å². The number of nitrogens with one attached hydrogen (secondary N) is 1. The van der Waals surface area contributed by atoms with Crippen molar-refractivity contribution in [1.82, 2.24) is 10.2 Å². The molecular formula is C25H33Cl2N3O4S. The van der Waals surface area contributed by atoms with E-state index in [-0.39, 0.29) is 12.5 Å². The first-order valence-electron chi connectivity index (χ1n) is 11.1. The molecular weight excluding hydrogens is 509 g/mol. The van der Waals surface area contributed by atoms with E-state index >= 15 is 0 Å². The molecule has 2 amide bonds. The second-order valence-electron chi connectivity index (χ2n) is 9.66. The molecule has 0 unspecified atom stereocenters. The Labute approximate surface area is 218 Å². The minimum Gasteiger partial charge on any atom is -0.350 e. The Morgan fingerprint density at radius 3 is 2.26 bits per heavy atom. The number of aryl methyl sites for hydroxylation is 1. The van der Waals surface area contributed by atoms with Gasteiger partial charge in [-0.05, 0) is 76.4 Å². The van der Waals surface area contributed by atoms with E-state index in [2.05, 4.69) is 5.32 Å². The number of nitrogens with zero attached hydrogens (tertiary/aromatic N) is 2. The molecule has 0 fully saturated rings. The lowest BCUT2D eigenvalue weighted by molar-refractivity contribution is -0.140. The molecule has 0 aliphatic rings. The summed E-state index contributed by atoms with van der Waals surface area (Å²) in [6.45, 7) is 10.3. The minimum absolute atomic E-state index is 0.00202. The minimum atomic E-state index is -3.81. The maximum absolute atomic E-state index is 13.6. The Hall–Kier alpha value is -2.29. The maximum Gasteiger partial charge on any atom is 0.244 e. The van der Waals surface area contributed by atoms with Crippen molar-refractivity contribution in [3.8, 4) is 0 Å². The van der Waals surface area contributed by atoms with Crippen LogP contribution in [0.25, 0.3) is 0 Å². The molecule has 2 rings (SSSR count). The fourth-order valence-electron chi connectivity index (χ4n) is 3.49. The Kier molecular flexibility index (Phi) is 9.25. The van der Waals surface area contributed by atoms with Crippen molar-refractivity contribution in [2.24, 2.45) is 0 Å². The predicted molar refractivity (Wildman–Crippen MR) is 142 cm³/mol. The number of hydrogen-bond acceptors (Lipinski definition) is 4. The van der Waals surface area contributed by atoms with Crippen LogP contribution in [0.5, 0.6) is 0 Å². The van der Waals surface area contributed by atoms with Gasteiger partial charge in [0, 0.05) is 22.1 Å². The van der Waals surface area contributed by atoms with Crippen molar-refractivity contribution in [2.75, 3.05) is 17.1 Å². The smallest absolute Gasteiger partial charge is 0.244 e. The van der Waals surface area contributed by atoms with E-state index in [1.165, 1.54) is 4.90 Å². The summed E-state index contributed by atoms with van der Waals surface area (Å²) >= 11 is 12.4. The van der Waals surface area contributed by atoms with Gasteiger partial charge < -0.3 is 10.2 Å². The second kappa shape index (κ2) is 11.2. The van der Waals surface area contributed by atoms with E-state index in [4.69, 9.17) is 23.2 Å². The van der Waals surface area contributed by atoms with Crippen molar-refractivity contribution in [3.63, 3.8) is 0 Å². The molecule has 0 radical (unpaired) electrons. The Balaban J connectivity index is 2.49. The van der Waals surface area contributed by atoms with Crippen LogP contribution in [0.4, 0.5) is 5.69 Å². The molecule has 0 bridgehead atoms. The number of amides is 2. The third-order valence-corrected chi connectivity index (χ3v) is 7.26. The molecule has 1 atom stereocenters. The average Bonchev–Trinajstić information content (AvgIpc) is 2.71. The predicted octanol–water partition coefficient (Wildman–Crippen LogP) is 4.71. The lowest BCUT2D eigenvalue weighted by Gasteiger charge is -2.33. The van der Waals surface area contributed by atoms with Gasteiger partial charge in [0.1, 0.15) is 12.6 Å². The first-order valence-corrected chi connectivity index (χ1v) is 13.7. The molecule has 0 aliphatic carbocycles. The highest BCUT2D eigenvalue weighted by Crippen LogP contribution is 2.27. The fraction of sp³-hybridized carbons (Fsp3) is 0.440. The molecule has 1 N–H and O–H groups in total. The number of halogens is 2. The van der Waals surface area contributed by atoms with Gasteiger partial charge in [0.2, 0.25) is 21.8 Å². The number of benzene rings is 2. The van der Waals surface area contributed by atoms with E-state index in [0.717, 1.165) is 21.7 Å². The molecule has 10 heteroatoms. The number of rotatable bonds is 8. The van der Waals surface area contributed by atoms with E-state index < -0.39 is 34.1 Å². The van der Waals surface area contributed by atoms with Gasteiger partial charge >= 0.3 is 0 Å². The Bertz CT molecular complexity index is 1210. The molecule has 0 saturated heterocycles. The molecule has 0 aliphatic heterocycles. The highest BCUT2D eigenvalue weighted by molar-refractivity contribution is 7.92. The highest BCUT2D eigenvalue weighted by Gasteiger charge is 2.32. The van der Waals surface area contributed by atoms with Crippen molar-refractivity contribution >= 4 is 50.7 Å². The van der Waals surface area contributed by atoms with Crippen LogP contribution in [-0.4, -0.2) is 49.5 Å². The normalized spacial score (nSPS) is 12.7. The van der Waals surface area contributed by atoms with Gasteiger partial charge in [-0.2, -0.15) is 0 Å². The summed E-state index contributed by atoms with van der Waals surface area (Å²) in [4.78, 5) is 28.0. The highest BCUT2D eigenvalue weighted by atomic mass is 35.5. The van der Waals surface area contributed by atoms with Crippen molar-refractivity contribution in [2.45, 2.75) is 59.7 Å². The van der Waals surface area contributed by atoms with Crippen molar-refractivity contribution in [1.29, 1.82) is 0 Å². The zero-order chi connectivity index (χ0) is 26.7. The fourth-order valence-corrected chi connectivity index (χ4v) is 4.86. The molecule has 0 heterocycles. The quantitative estimate of drug-likeness (QED) is 0.524. The van der Waals surface area contributed by atoms with Gasteiger partial charge in [-0.3, -0.25) is 13.9 Å². The van der Waals surface area contributed by atoms with E-state index in [0.29, 0.717) is 21.3 Å². The molecule has 0 spiro atoms. The summed E-state index contributed by atoms with van der Waals surface area (Å²) in [6.07, 6.45) is 1.05. The molecule has 192 valence electrons. The average molecular weight is 543 g/mol. The Morgan fingerprint density at radius 2 is 1.71 bits per heavy atom. The summed E-state index contributed by atoms with van der Waals surface area (Å²) in [5.41, 5.74) is 2.12. The molecule has 0 saturated carbocycles. The van der Waals surface area contributed by atoms with Gasteiger partial charge in [0.25, 0.3) is 0 Å². The Morgan fingerprint density at radius 1 is 1.09 bits per heavy atom. The van der Waals surface area contributed by atoms with Crippen LogP contribution in [0.3, 0.4) is 0 Å². The van der Waals surface area contributed by atoms with Gasteiger partial charge in [-0.15, -0.1) is 0 Å². The molecule has 7 nitrogen and oxygen atoms in total. The third kappa shape index (κ3) is 7.85. The van der Waals surface area contributed by atoms with E-state index in [1.807, 2.05) is 33.8 Å². The van der Waals surface area contributed by atoms with Crippen LogP contribution in [-0.2, 0) is 26.2 Å². The SMILES string of the molecule is Cc1cccc(N(CC(=O)N(Cc2ccc(Cl)cc2Cl)[C@H](C)C(=O)NC(C)(C)C)S(C)(=O)=O)c1C. The van der Waals surface area contributed by atoms with Gasteiger partial charge in [0.05, 0.1) is 11.9 Å². The van der Waals surface area contributed by atoms with Crippen molar-refractivity contribution < 1.29 is 18.0 Å². The van der Waals surface area contributed by atoms with E-state index in [1.54, 1.807) is 44.2 Å². The first-order chi connectivity index (χ1) is 16.0. The monoisotopic (exact) mass is 541 g/mol. The summed E-state index contributed by atoms with van der Waals surface area (Å²) in [6, 6.07) is 9.25. The number of anilines is 1. The van der Waals surface area contributed by atoms with Crippen LogP contribution < -0.4 is 9.62 Å². The molecule has 35 heavy (non-hydrogen) atoms. The van der Waals surface area contributed by atoms with Crippen LogP contribution in [0.15, 0.2) is 36.4 Å². The van der Waals surface area contributed by atoms with Crippen LogP contribution in [0.2, 0.25) is 10.0 Å². The lowest BCUT2D eigenvalue weighted by Crippen LogP contribution is -2.54. The topological polar surface area (TPSA) is 86.8 Å². The lowest BCUT2D eigenvalue weighted by atomic mass is 10.1.